The molecule has 6 nitrogen and oxygen atoms in total. The molecule has 0 spiro atoms. The molecule has 2 aliphatic heterocycles. The number of anilines is 3. The number of aromatic nitrogens is 2. The van der Waals surface area contributed by atoms with Crippen LogP contribution in [0, 0.1) is 11.8 Å². The number of nitrogens with one attached hydrogen (secondary N) is 2. The predicted molar refractivity (Wildman–Crippen MR) is 164 cm³/mol. The van der Waals surface area contributed by atoms with Crippen LogP contribution in [0.4, 0.5) is 17.6 Å². The lowest BCUT2D eigenvalue weighted by atomic mass is 9.69. The van der Waals surface area contributed by atoms with E-state index in [-0.39, 0.29) is 5.41 Å². The van der Waals surface area contributed by atoms with Crippen molar-refractivity contribution in [1.29, 1.82) is 0 Å². The van der Waals surface area contributed by atoms with Crippen LogP contribution in [0.15, 0.2) is 30.3 Å². The summed E-state index contributed by atoms with van der Waals surface area (Å²) in [6.07, 6.45) is 11.1. The highest BCUT2D eigenvalue weighted by Gasteiger charge is 2.34. The smallest absolute Gasteiger partial charge is 0.232 e. The Morgan fingerprint density at radius 3 is 2.05 bits per heavy atom. The lowest BCUT2D eigenvalue weighted by Gasteiger charge is -2.38. The van der Waals surface area contributed by atoms with Crippen molar-refractivity contribution in [1.82, 2.24) is 15.3 Å². The van der Waals surface area contributed by atoms with Gasteiger partial charge in [0.05, 0.1) is 0 Å². The Bertz CT molecular complexity index is 1050. The summed E-state index contributed by atoms with van der Waals surface area (Å²) in [4.78, 5) is 14.8. The highest BCUT2D eigenvalue weighted by Crippen LogP contribution is 2.39. The van der Waals surface area contributed by atoms with Gasteiger partial charge < -0.3 is 20.4 Å². The van der Waals surface area contributed by atoms with Crippen LogP contribution >= 0.6 is 23.8 Å². The molecular weight excluding hydrogens is 512 g/mol. The molecule has 2 saturated heterocycles. The Hall–Kier alpha value is -2.12. The minimum atomic E-state index is 0.0658. The number of benzene rings is 1. The highest BCUT2D eigenvalue weighted by molar-refractivity contribution is 7.80. The molecule has 1 aromatic heterocycles. The summed E-state index contributed by atoms with van der Waals surface area (Å²) in [5.41, 5.74) is 1.41. The molecule has 38 heavy (non-hydrogen) atoms. The van der Waals surface area contributed by atoms with Crippen molar-refractivity contribution in [2.75, 3.05) is 47.8 Å². The molecular formula is C30H43ClN6S. The Morgan fingerprint density at radius 1 is 0.921 bits per heavy atom. The average Bonchev–Trinajstić information content (AvgIpc) is 2.93. The Labute approximate surface area is 238 Å². The van der Waals surface area contributed by atoms with Gasteiger partial charge >= 0.3 is 0 Å². The summed E-state index contributed by atoms with van der Waals surface area (Å²) < 4.78 is 0. The Balaban J connectivity index is 1.33. The molecule has 2 unspecified atom stereocenters. The molecule has 3 heterocycles. The van der Waals surface area contributed by atoms with E-state index in [2.05, 4.69) is 52.5 Å². The summed E-state index contributed by atoms with van der Waals surface area (Å²) in [7, 11) is 0. The second-order valence-corrected chi connectivity index (χ2v) is 12.8. The molecule has 1 aromatic carbocycles. The fourth-order valence-electron chi connectivity index (χ4n) is 6.59. The third-order valence-electron chi connectivity index (χ3n) is 8.74. The third kappa shape index (κ3) is 6.71. The van der Waals surface area contributed by atoms with E-state index in [9.17, 15) is 0 Å². The minimum absolute atomic E-state index is 0.0658. The van der Waals surface area contributed by atoms with E-state index in [1.807, 2.05) is 12.1 Å². The monoisotopic (exact) mass is 554 g/mol. The standard InChI is InChI=1S/C30H43ClN6S/c1-22-8-6-16-36(19-22)26-18-27(37-17-7-9-23(2)20-37)34-28(33-26)35-29(38)32-21-30(14-4-3-5-15-30)24-10-12-25(31)13-11-24/h10-13,18,22-23H,3-9,14-17,19-21H2,1-2H3,(H2,32,33,34,35,38). The first-order valence-corrected chi connectivity index (χ1v) is 15.4. The quantitative estimate of drug-likeness (QED) is 0.381. The van der Waals surface area contributed by atoms with Gasteiger partial charge in [-0.25, -0.2) is 0 Å². The molecule has 3 fully saturated rings. The van der Waals surface area contributed by atoms with Gasteiger partial charge in [0, 0.05) is 49.2 Å². The van der Waals surface area contributed by atoms with Crippen LogP contribution in [0.2, 0.25) is 5.02 Å². The fourth-order valence-corrected chi connectivity index (χ4v) is 6.88. The van der Waals surface area contributed by atoms with Crippen molar-refractivity contribution in [3.05, 3.63) is 40.9 Å². The maximum absolute atomic E-state index is 6.20. The van der Waals surface area contributed by atoms with Gasteiger partial charge in [0.1, 0.15) is 11.6 Å². The summed E-state index contributed by atoms with van der Waals surface area (Å²) in [5.74, 6) is 3.97. The minimum Gasteiger partial charge on any atom is -0.361 e. The first kappa shape index (κ1) is 27.4. The maximum Gasteiger partial charge on any atom is 0.232 e. The molecule has 2 N–H and O–H groups in total. The largest absolute Gasteiger partial charge is 0.361 e. The number of nitrogens with zero attached hydrogens (tertiary/aromatic N) is 4. The van der Waals surface area contributed by atoms with Crippen LogP contribution in [-0.4, -0.2) is 47.8 Å². The van der Waals surface area contributed by atoms with E-state index in [4.69, 9.17) is 33.8 Å². The van der Waals surface area contributed by atoms with Crippen LogP contribution in [0.25, 0.3) is 0 Å². The molecule has 1 aliphatic carbocycles. The molecule has 8 heteroatoms. The number of hydrogen-bond donors (Lipinski definition) is 2. The van der Waals surface area contributed by atoms with Gasteiger partial charge in [0.2, 0.25) is 5.95 Å². The Morgan fingerprint density at radius 2 is 1.50 bits per heavy atom. The average molecular weight is 555 g/mol. The number of hydrogen-bond acceptors (Lipinski definition) is 5. The van der Waals surface area contributed by atoms with Crippen LogP contribution in [-0.2, 0) is 5.41 Å². The van der Waals surface area contributed by atoms with E-state index in [1.165, 1.54) is 50.5 Å². The van der Waals surface area contributed by atoms with E-state index in [1.54, 1.807) is 0 Å². The third-order valence-corrected chi connectivity index (χ3v) is 9.24. The van der Waals surface area contributed by atoms with Crippen LogP contribution in [0.3, 0.4) is 0 Å². The van der Waals surface area contributed by atoms with Gasteiger partial charge in [0.15, 0.2) is 5.11 Å². The summed E-state index contributed by atoms with van der Waals surface area (Å²) in [6.45, 7) is 9.63. The normalized spacial score (nSPS) is 23.7. The number of thiocarbonyl (C=S) groups is 1. The molecule has 206 valence electrons. The number of piperidine rings is 2. The van der Waals surface area contributed by atoms with Crippen molar-refractivity contribution in [2.24, 2.45) is 11.8 Å². The molecule has 0 radical (unpaired) electrons. The van der Waals surface area contributed by atoms with Crippen molar-refractivity contribution in [3.8, 4) is 0 Å². The first-order valence-electron chi connectivity index (χ1n) is 14.6. The summed E-state index contributed by atoms with van der Waals surface area (Å²) in [6, 6.07) is 10.6. The molecule has 0 amide bonds. The molecule has 2 aromatic rings. The molecule has 1 saturated carbocycles. The van der Waals surface area contributed by atoms with E-state index < -0.39 is 0 Å². The topological polar surface area (TPSA) is 56.3 Å². The van der Waals surface area contributed by atoms with Crippen molar-refractivity contribution in [2.45, 2.75) is 77.0 Å². The van der Waals surface area contributed by atoms with Crippen LogP contribution in [0.1, 0.15) is 77.2 Å². The predicted octanol–water partition coefficient (Wildman–Crippen LogP) is 6.79. The molecule has 2 atom stereocenters. The molecule has 3 aliphatic rings. The zero-order valence-corrected chi connectivity index (χ0v) is 24.6. The maximum atomic E-state index is 6.20. The molecule has 5 rings (SSSR count). The van der Waals surface area contributed by atoms with E-state index in [0.29, 0.717) is 22.9 Å². The summed E-state index contributed by atoms with van der Waals surface area (Å²) >= 11 is 12.0. The van der Waals surface area contributed by atoms with Gasteiger partial charge in [-0.1, -0.05) is 56.8 Å². The zero-order valence-electron chi connectivity index (χ0n) is 23.0. The van der Waals surface area contributed by atoms with Crippen molar-refractivity contribution < 1.29 is 0 Å². The summed E-state index contributed by atoms with van der Waals surface area (Å²) in [5, 5.41) is 8.28. The number of halogens is 1. The van der Waals surface area contributed by atoms with Gasteiger partial charge in [0.25, 0.3) is 0 Å². The Kier molecular flexibility index (Phi) is 8.94. The lowest BCUT2D eigenvalue weighted by Crippen LogP contribution is -2.43. The van der Waals surface area contributed by atoms with Gasteiger partial charge in [-0.2, -0.15) is 9.97 Å². The lowest BCUT2D eigenvalue weighted by molar-refractivity contribution is 0.292. The fraction of sp³-hybridized carbons (Fsp3) is 0.633. The van der Waals surface area contributed by atoms with E-state index in [0.717, 1.165) is 62.2 Å². The van der Waals surface area contributed by atoms with Crippen LogP contribution < -0.4 is 20.4 Å². The van der Waals surface area contributed by atoms with Crippen molar-refractivity contribution >= 4 is 46.5 Å². The number of rotatable bonds is 6. The van der Waals surface area contributed by atoms with Gasteiger partial charge in [-0.15, -0.1) is 0 Å². The second-order valence-electron chi connectivity index (χ2n) is 12.0. The second kappa shape index (κ2) is 12.4. The zero-order chi connectivity index (χ0) is 26.5. The SMILES string of the molecule is CC1CCCN(c2cc(N3CCCC(C)C3)nc(NC(=S)NCC3(c4ccc(Cl)cc4)CCCCC3)n2)C1. The van der Waals surface area contributed by atoms with Crippen LogP contribution in [0.5, 0.6) is 0 Å². The van der Waals surface area contributed by atoms with Gasteiger partial charge in [-0.05, 0) is 80.3 Å². The first-order chi connectivity index (χ1) is 18.4. The highest BCUT2D eigenvalue weighted by atomic mass is 35.5. The van der Waals surface area contributed by atoms with Gasteiger partial charge in [-0.3, -0.25) is 0 Å². The van der Waals surface area contributed by atoms with E-state index >= 15 is 0 Å². The van der Waals surface area contributed by atoms with Crippen molar-refractivity contribution in [3.63, 3.8) is 0 Å². The molecule has 0 bridgehead atoms.